The van der Waals surface area contributed by atoms with Crippen LogP contribution in [0.15, 0.2) is 54.6 Å². The Bertz CT molecular complexity index is 1710. The molecule has 0 atom stereocenters. The fourth-order valence-corrected chi connectivity index (χ4v) is 7.27. The number of aromatic hydroxyl groups is 1. The molecule has 0 radical (unpaired) electrons. The van der Waals surface area contributed by atoms with E-state index in [1.165, 1.54) is 23.5 Å². The van der Waals surface area contributed by atoms with Crippen molar-refractivity contribution in [1.82, 2.24) is 9.88 Å². The van der Waals surface area contributed by atoms with Gasteiger partial charge in [-0.05, 0) is 73.8 Å². The number of nitriles is 1. The van der Waals surface area contributed by atoms with Gasteiger partial charge in [0, 0.05) is 24.1 Å². The molecule has 216 valence electrons. The van der Waals surface area contributed by atoms with Crippen LogP contribution in [0.25, 0.3) is 10.2 Å². The summed E-state index contributed by atoms with van der Waals surface area (Å²) < 4.78 is 14.3. The van der Waals surface area contributed by atoms with E-state index < -0.39 is 6.03 Å². The number of carbonyl (C=O) groups is 1. The number of hydrogen-bond acceptors (Lipinski definition) is 7. The molecule has 1 aromatic heterocycles. The van der Waals surface area contributed by atoms with Gasteiger partial charge in [0.25, 0.3) is 0 Å². The molecule has 0 aliphatic carbocycles. The molecule has 4 aromatic rings. The predicted octanol–water partition coefficient (Wildman–Crippen LogP) is 7.19. The Labute approximate surface area is 248 Å². The minimum atomic E-state index is -0.485. The molecular formula is C32H33FN6O2S. The minimum absolute atomic E-state index is 0.110. The number of thiazole rings is 1. The van der Waals surface area contributed by atoms with Gasteiger partial charge in [-0.1, -0.05) is 44.2 Å². The predicted molar refractivity (Wildman–Crippen MR) is 165 cm³/mol. The molecule has 0 unspecified atom stereocenters. The molecule has 0 bridgehead atoms. The molecule has 2 aliphatic heterocycles. The number of benzene rings is 3. The first kappa shape index (κ1) is 27.9. The monoisotopic (exact) mass is 584 g/mol. The van der Waals surface area contributed by atoms with Crippen LogP contribution in [0, 0.1) is 22.6 Å². The Morgan fingerprint density at radius 1 is 1.14 bits per heavy atom. The lowest BCUT2D eigenvalue weighted by molar-refractivity contribution is 0.125. The number of aromatic nitrogens is 1. The largest absolute Gasteiger partial charge is 0.506 e. The lowest BCUT2D eigenvalue weighted by atomic mass is 9.72. The van der Waals surface area contributed by atoms with Crippen LogP contribution in [-0.2, 0) is 5.41 Å². The van der Waals surface area contributed by atoms with Gasteiger partial charge < -0.3 is 20.2 Å². The minimum Gasteiger partial charge on any atom is -0.506 e. The smallest absolute Gasteiger partial charge is 0.325 e. The van der Waals surface area contributed by atoms with Gasteiger partial charge in [0.05, 0.1) is 38.9 Å². The molecule has 10 heteroatoms. The third kappa shape index (κ3) is 5.26. The number of anilines is 4. The standard InChI is InChI=1S/C32H33FN6O2S/c1-31(2,3)18-38-14-12-32(13-15-38)19-39(28-25(40)11-8-20(17-34)27(28)32)24-7-5-4-6-22(24)35-29(41)37-30-36-23-10-9-21(33)16-26(23)42-30/h4-11,16,40H,12-15,18-19H2,1-3H3,(H2,35,36,37,41). The summed E-state index contributed by atoms with van der Waals surface area (Å²) in [6, 6.07) is 16.9. The summed E-state index contributed by atoms with van der Waals surface area (Å²) in [7, 11) is 0. The van der Waals surface area contributed by atoms with Crippen molar-refractivity contribution in [2.24, 2.45) is 5.41 Å². The SMILES string of the molecule is CC(C)(C)CN1CCC2(CC1)CN(c1ccccc1NC(=O)Nc1nc3ccc(F)cc3s1)c1c(O)ccc(C#N)c12. The van der Waals surface area contributed by atoms with E-state index in [-0.39, 0.29) is 22.4 Å². The van der Waals surface area contributed by atoms with Crippen molar-refractivity contribution < 1.29 is 14.3 Å². The van der Waals surface area contributed by atoms with Crippen LogP contribution in [0.5, 0.6) is 5.75 Å². The van der Waals surface area contributed by atoms with E-state index in [9.17, 15) is 19.6 Å². The maximum atomic E-state index is 13.6. The molecule has 6 rings (SSSR count). The first-order chi connectivity index (χ1) is 20.0. The summed E-state index contributed by atoms with van der Waals surface area (Å²) in [6.45, 7) is 10.1. The average molecular weight is 585 g/mol. The molecule has 8 nitrogen and oxygen atoms in total. The zero-order chi connectivity index (χ0) is 29.6. The second-order valence-corrected chi connectivity index (χ2v) is 13.4. The zero-order valence-electron chi connectivity index (χ0n) is 23.9. The molecule has 3 heterocycles. The number of amides is 2. The maximum Gasteiger partial charge on any atom is 0.325 e. The van der Waals surface area contributed by atoms with Crippen LogP contribution in [-0.4, -0.2) is 47.2 Å². The number of para-hydroxylation sites is 2. The summed E-state index contributed by atoms with van der Waals surface area (Å²) in [5.41, 5.74) is 3.85. The maximum absolute atomic E-state index is 13.6. The van der Waals surface area contributed by atoms with Crippen LogP contribution >= 0.6 is 11.3 Å². The van der Waals surface area contributed by atoms with Gasteiger partial charge >= 0.3 is 6.03 Å². The van der Waals surface area contributed by atoms with Gasteiger partial charge in [-0.15, -0.1) is 0 Å². The third-order valence-electron chi connectivity index (χ3n) is 8.06. The van der Waals surface area contributed by atoms with Crippen molar-refractivity contribution in [2.75, 3.05) is 41.7 Å². The lowest BCUT2D eigenvalue weighted by Crippen LogP contribution is -2.47. The van der Waals surface area contributed by atoms with E-state index in [4.69, 9.17) is 0 Å². The molecule has 2 aliphatic rings. The normalized spacial score (nSPS) is 16.4. The van der Waals surface area contributed by atoms with Crippen molar-refractivity contribution >= 4 is 49.8 Å². The molecule has 1 saturated heterocycles. The van der Waals surface area contributed by atoms with Crippen molar-refractivity contribution in [3.8, 4) is 11.8 Å². The summed E-state index contributed by atoms with van der Waals surface area (Å²) in [5.74, 6) is -0.249. The summed E-state index contributed by atoms with van der Waals surface area (Å²) in [6.07, 6.45) is 1.72. The highest BCUT2D eigenvalue weighted by atomic mass is 32.1. The number of phenolic OH excluding ortho intramolecular Hbond substituents is 1. The highest BCUT2D eigenvalue weighted by molar-refractivity contribution is 7.22. The molecule has 3 N–H and O–H groups in total. The molecule has 2 amide bonds. The van der Waals surface area contributed by atoms with E-state index in [0.717, 1.165) is 43.7 Å². The van der Waals surface area contributed by atoms with Crippen molar-refractivity contribution in [2.45, 2.75) is 39.0 Å². The van der Waals surface area contributed by atoms with E-state index in [2.05, 4.69) is 47.4 Å². The number of nitrogens with one attached hydrogen (secondary N) is 2. The molecule has 0 saturated carbocycles. The number of halogens is 1. The Kier molecular flexibility index (Phi) is 7.03. The second-order valence-electron chi connectivity index (χ2n) is 12.4. The number of phenols is 1. The number of piperidine rings is 1. The number of fused-ring (bicyclic) bond motifs is 3. The fraction of sp³-hybridized carbons (Fsp3) is 0.344. The first-order valence-corrected chi connectivity index (χ1v) is 14.9. The number of nitrogens with zero attached hydrogens (tertiary/aromatic N) is 4. The zero-order valence-corrected chi connectivity index (χ0v) is 24.7. The Balaban J connectivity index is 1.30. The third-order valence-corrected chi connectivity index (χ3v) is 9.00. The van der Waals surface area contributed by atoms with E-state index in [1.807, 2.05) is 29.2 Å². The van der Waals surface area contributed by atoms with Gasteiger partial charge in [-0.3, -0.25) is 5.32 Å². The van der Waals surface area contributed by atoms with E-state index in [0.29, 0.717) is 38.8 Å². The van der Waals surface area contributed by atoms with Crippen LogP contribution in [0.2, 0.25) is 0 Å². The van der Waals surface area contributed by atoms with Crippen molar-refractivity contribution in [3.05, 3.63) is 71.5 Å². The highest BCUT2D eigenvalue weighted by Crippen LogP contribution is 2.55. The molecule has 3 aromatic carbocycles. The number of rotatable bonds is 4. The molecule has 1 fully saturated rings. The summed E-state index contributed by atoms with van der Waals surface area (Å²) in [4.78, 5) is 22.0. The number of urea groups is 1. The van der Waals surface area contributed by atoms with Crippen molar-refractivity contribution in [3.63, 3.8) is 0 Å². The van der Waals surface area contributed by atoms with Gasteiger partial charge in [0.1, 0.15) is 11.6 Å². The van der Waals surface area contributed by atoms with Crippen LogP contribution in [0.1, 0.15) is 44.7 Å². The van der Waals surface area contributed by atoms with Gasteiger partial charge in [-0.25, -0.2) is 14.2 Å². The van der Waals surface area contributed by atoms with Crippen LogP contribution < -0.4 is 15.5 Å². The van der Waals surface area contributed by atoms with Crippen molar-refractivity contribution in [1.29, 1.82) is 5.26 Å². The lowest BCUT2D eigenvalue weighted by Gasteiger charge is -2.42. The summed E-state index contributed by atoms with van der Waals surface area (Å²) >= 11 is 1.19. The van der Waals surface area contributed by atoms with Gasteiger partial charge in [-0.2, -0.15) is 5.26 Å². The quantitative estimate of drug-likeness (QED) is 0.235. The fourth-order valence-electron chi connectivity index (χ4n) is 6.39. The van der Waals surface area contributed by atoms with Crippen LogP contribution in [0.4, 0.5) is 31.4 Å². The molecule has 1 spiro atoms. The van der Waals surface area contributed by atoms with Gasteiger partial charge in [0.2, 0.25) is 0 Å². The number of hydrogen-bond donors (Lipinski definition) is 3. The van der Waals surface area contributed by atoms with E-state index in [1.54, 1.807) is 18.2 Å². The van der Waals surface area contributed by atoms with Crippen LogP contribution in [0.3, 0.4) is 0 Å². The topological polar surface area (TPSA) is 105 Å². The second kappa shape index (κ2) is 10.6. The summed E-state index contributed by atoms with van der Waals surface area (Å²) in [5, 5.41) is 27.3. The first-order valence-electron chi connectivity index (χ1n) is 14.0. The average Bonchev–Trinajstić information content (AvgIpc) is 3.49. The number of carbonyl (C=O) groups excluding carboxylic acids is 1. The molecule has 42 heavy (non-hydrogen) atoms. The Morgan fingerprint density at radius 2 is 1.90 bits per heavy atom. The Hall–Kier alpha value is -4.20. The van der Waals surface area contributed by atoms with Gasteiger partial charge in [0.15, 0.2) is 5.13 Å². The molecular weight excluding hydrogens is 551 g/mol. The highest BCUT2D eigenvalue weighted by Gasteiger charge is 2.48. The Morgan fingerprint density at radius 3 is 2.64 bits per heavy atom. The number of likely N-dealkylation sites (tertiary alicyclic amines) is 1. The van der Waals surface area contributed by atoms with E-state index >= 15 is 0 Å².